The maximum Gasteiger partial charge on any atom is 0.285 e. The second-order valence-electron chi connectivity index (χ2n) is 5.80. The van der Waals surface area contributed by atoms with Gasteiger partial charge in [-0.25, -0.2) is 0 Å². The zero-order valence-corrected chi connectivity index (χ0v) is 16.3. The fraction of sp³-hybridized carbons (Fsp3) is 0.105. The molecular weight excluding hydrogens is 400 g/mol. The highest BCUT2D eigenvalue weighted by atomic mass is 32.2. The van der Waals surface area contributed by atoms with Gasteiger partial charge in [-0.3, -0.25) is 15.0 Å². The molecule has 0 unspecified atom stereocenters. The van der Waals surface area contributed by atoms with Crippen LogP contribution in [-0.2, 0) is 4.79 Å². The molecule has 4 rings (SSSR count). The first-order valence-electron chi connectivity index (χ1n) is 8.18. The first kappa shape index (κ1) is 18.3. The summed E-state index contributed by atoms with van der Waals surface area (Å²) >= 11 is 6.36. The van der Waals surface area contributed by atoms with E-state index in [0.717, 1.165) is 22.3 Å². The molecule has 0 radical (unpaired) electrons. The summed E-state index contributed by atoms with van der Waals surface area (Å²) in [6.45, 7) is 0.179. The lowest BCUT2D eigenvalue weighted by atomic mass is 10.2. The van der Waals surface area contributed by atoms with Crippen LogP contribution in [0.5, 0.6) is 17.2 Å². The highest BCUT2D eigenvalue weighted by Gasteiger charge is 2.34. The van der Waals surface area contributed by atoms with Crippen LogP contribution in [0.25, 0.3) is 6.08 Å². The van der Waals surface area contributed by atoms with Gasteiger partial charge >= 0.3 is 0 Å². The molecule has 0 spiro atoms. The van der Waals surface area contributed by atoms with Crippen LogP contribution in [0.4, 0.5) is 0 Å². The number of hydrazine groups is 1. The van der Waals surface area contributed by atoms with Crippen LogP contribution in [-0.4, -0.2) is 35.0 Å². The summed E-state index contributed by atoms with van der Waals surface area (Å²) in [7, 11) is 1.54. The second kappa shape index (κ2) is 7.53. The van der Waals surface area contributed by atoms with Crippen LogP contribution in [0.1, 0.15) is 15.9 Å². The van der Waals surface area contributed by atoms with Gasteiger partial charge in [0.1, 0.15) is 5.75 Å². The van der Waals surface area contributed by atoms with Crippen molar-refractivity contribution in [2.75, 3.05) is 13.9 Å². The first-order valence-corrected chi connectivity index (χ1v) is 9.40. The Morgan fingerprint density at radius 3 is 2.71 bits per heavy atom. The van der Waals surface area contributed by atoms with E-state index in [2.05, 4.69) is 5.43 Å². The molecule has 0 aliphatic carbocycles. The molecule has 2 aliphatic rings. The number of methoxy groups -OCH3 is 1. The molecule has 2 heterocycles. The maximum atomic E-state index is 12.7. The van der Waals surface area contributed by atoms with E-state index in [1.54, 1.807) is 49.6 Å². The van der Waals surface area contributed by atoms with Crippen molar-refractivity contribution in [1.29, 1.82) is 0 Å². The predicted molar refractivity (Wildman–Crippen MR) is 108 cm³/mol. The molecule has 1 fully saturated rings. The van der Waals surface area contributed by atoms with E-state index < -0.39 is 11.8 Å². The van der Waals surface area contributed by atoms with Crippen LogP contribution in [0.3, 0.4) is 0 Å². The smallest absolute Gasteiger partial charge is 0.285 e. The van der Waals surface area contributed by atoms with Crippen molar-refractivity contribution in [2.45, 2.75) is 0 Å². The lowest BCUT2D eigenvalue weighted by Gasteiger charge is -2.15. The topological polar surface area (TPSA) is 77.1 Å². The van der Waals surface area contributed by atoms with Crippen LogP contribution in [0.2, 0.25) is 0 Å². The van der Waals surface area contributed by atoms with Gasteiger partial charge < -0.3 is 14.2 Å². The number of nitrogens with zero attached hydrogens (tertiary/aromatic N) is 1. The average Bonchev–Trinajstić information content (AvgIpc) is 3.27. The summed E-state index contributed by atoms with van der Waals surface area (Å²) in [4.78, 5) is 25.5. The Balaban J connectivity index is 1.49. The summed E-state index contributed by atoms with van der Waals surface area (Å²) < 4.78 is 15.9. The number of fused-ring (bicyclic) bond motifs is 1. The summed E-state index contributed by atoms with van der Waals surface area (Å²) in [5, 5.41) is 1.07. The molecular formula is C19H14N2O5S2. The molecule has 2 amide bonds. The van der Waals surface area contributed by atoms with Gasteiger partial charge in [0.2, 0.25) is 6.79 Å². The van der Waals surface area contributed by atoms with E-state index in [1.165, 1.54) is 0 Å². The molecule has 2 aliphatic heterocycles. The second-order valence-corrected chi connectivity index (χ2v) is 7.48. The van der Waals surface area contributed by atoms with Gasteiger partial charge in [-0.15, -0.1) is 0 Å². The lowest BCUT2D eigenvalue weighted by Crippen LogP contribution is -2.44. The van der Waals surface area contributed by atoms with E-state index in [4.69, 9.17) is 26.4 Å². The molecule has 2 aromatic carbocycles. The van der Waals surface area contributed by atoms with Crippen molar-refractivity contribution in [3.63, 3.8) is 0 Å². The Morgan fingerprint density at radius 2 is 1.96 bits per heavy atom. The summed E-state index contributed by atoms with van der Waals surface area (Å²) in [5.74, 6) is 1.08. The minimum atomic E-state index is -0.441. The molecule has 1 N–H and O–H groups in total. The number of benzene rings is 2. The van der Waals surface area contributed by atoms with Crippen molar-refractivity contribution < 1.29 is 23.8 Å². The van der Waals surface area contributed by atoms with Crippen molar-refractivity contribution in [1.82, 2.24) is 10.4 Å². The van der Waals surface area contributed by atoms with E-state index in [0.29, 0.717) is 27.7 Å². The quantitative estimate of drug-likeness (QED) is 0.609. The molecule has 9 heteroatoms. The Labute approximate surface area is 170 Å². The predicted octanol–water partition coefficient (Wildman–Crippen LogP) is 2.97. The third-order valence-electron chi connectivity index (χ3n) is 4.05. The van der Waals surface area contributed by atoms with E-state index in [-0.39, 0.29) is 11.1 Å². The minimum absolute atomic E-state index is 0.179. The summed E-state index contributed by atoms with van der Waals surface area (Å²) in [6.07, 6.45) is 1.70. The molecule has 0 atom stereocenters. The van der Waals surface area contributed by atoms with Crippen LogP contribution < -0.4 is 19.6 Å². The first-order chi connectivity index (χ1) is 13.5. The number of carbonyl (C=O) groups is 2. The third-order valence-corrected chi connectivity index (χ3v) is 5.36. The zero-order valence-electron chi connectivity index (χ0n) is 14.6. The van der Waals surface area contributed by atoms with E-state index in [9.17, 15) is 9.59 Å². The van der Waals surface area contributed by atoms with Crippen molar-refractivity contribution in [2.24, 2.45) is 0 Å². The SMILES string of the molecule is COc1ccc(C(=O)NN2C(=O)C(=Cc3ccc4c(c3)OCO4)SC2=S)cc1. The third kappa shape index (κ3) is 3.54. The standard InChI is InChI=1S/C19H14N2O5S2/c1-24-13-5-3-12(4-6-13)17(22)20-21-18(23)16(28-19(21)27)9-11-2-7-14-15(8-11)26-10-25-14/h2-9H,10H2,1H3,(H,20,22). The van der Waals surface area contributed by atoms with Gasteiger partial charge in [0, 0.05) is 5.56 Å². The number of ether oxygens (including phenoxy) is 3. The molecule has 7 nitrogen and oxygen atoms in total. The van der Waals surface area contributed by atoms with Gasteiger partial charge in [0.05, 0.1) is 12.0 Å². The fourth-order valence-corrected chi connectivity index (χ4v) is 3.81. The Hall–Kier alpha value is -3.04. The number of amides is 2. The highest BCUT2D eigenvalue weighted by molar-refractivity contribution is 8.26. The van der Waals surface area contributed by atoms with Gasteiger partial charge in [0.15, 0.2) is 15.8 Å². The number of thiocarbonyl (C=S) groups is 1. The number of nitrogens with one attached hydrogen (secondary N) is 1. The van der Waals surface area contributed by atoms with Gasteiger partial charge in [0.25, 0.3) is 11.8 Å². The van der Waals surface area contributed by atoms with Gasteiger partial charge in [-0.2, -0.15) is 5.01 Å². The Morgan fingerprint density at radius 1 is 1.21 bits per heavy atom. The number of thioether (sulfide) groups is 1. The van der Waals surface area contributed by atoms with Crippen LogP contribution >= 0.6 is 24.0 Å². The fourth-order valence-electron chi connectivity index (χ4n) is 2.63. The molecule has 0 bridgehead atoms. The zero-order chi connectivity index (χ0) is 19.7. The lowest BCUT2D eigenvalue weighted by molar-refractivity contribution is -0.123. The molecule has 2 aromatic rings. The van der Waals surface area contributed by atoms with Gasteiger partial charge in [-0.05, 0) is 60.3 Å². The number of carbonyl (C=O) groups excluding carboxylic acids is 2. The van der Waals surface area contributed by atoms with Crippen molar-refractivity contribution >= 4 is 46.2 Å². The van der Waals surface area contributed by atoms with Crippen molar-refractivity contribution in [3.05, 3.63) is 58.5 Å². The molecule has 1 saturated heterocycles. The van der Waals surface area contributed by atoms with Gasteiger partial charge in [-0.1, -0.05) is 17.8 Å². The number of hydrogen-bond donors (Lipinski definition) is 1. The Bertz CT molecular complexity index is 1000. The molecule has 28 heavy (non-hydrogen) atoms. The monoisotopic (exact) mass is 414 g/mol. The van der Waals surface area contributed by atoms with E-state index in [1.807, 2.05) is 6.07 Å². The maximum absolute atomic E-state index is 12.7. The minimum Gasteiger partial charge on any atom is -0.497 e. The highest BCUT2D eigenvalue weighted by Crippen LogP contribution is 2.36. The average molecular weight is 414 g/mol. The normalized spacial score (nSPS) is 16.6. The summed E-state index contributed by atoms with van der Waals surface area (Å²) in [5.41, 5.74) is 3.70. The summed E-state index contributed by atoms with van der Waals surface area (Å²) in [6, 6.07) is 11.9. The number of hydrogen-bond acceptors (Lipinski definition) is 7. The largest absolute Gasteiger partial charge is 0.497 e. The van der Waals surface area contributed by atoms with Crippen molar-refractivity contribution in [3.8, 4) is 17.2 Å². The molecule has 0 aromatic heterocycles. The number of rotatable bonds is 4. The van der Waals surface area contributed by atoms with Crippen LogP contribution in [0, 0.1) is 0 Å². The molecule has 0 saturated carbocycles. The Kier molecular flexibility index (Phi) is 4.93. The molecule has 142 valence electrons. The van der Waals surface area contributed by atoms with E-state index >= 15 is 0 Å². The van der Waals surface area contributed by atoms with Crippen LogP contribution in [0.15, 0.2) is 47.4 Å².